The van der Waals surface area contributed by atoms with Gasteiger partial charge in [-0.3, -0.25) is 4.79 Å². The van der Waals surface area contributed by atoms with Crippen LogP contribution in [0.5, 0.6) is 0 Å². The van der Waals surface area contributed by atoms with Gasteiger partial charge in [0.15, 0.2) is 5.16 Å². The third-order valence-electron chi connectivity index (χ3n) is 4.06. The van der Waals surface area contributed by atoms with E-state index >= 15 is 0 Å². The van der Waals surface area contributed by atoms with Gasteiger partial charge in [-0.15, -0.1) is 11.3 Å². The van der Waals surface area contributed by atoms with Gasteiger partial charge in [0, 0.05) is 23.6 Å². The first-order valence-corrected chi connectivity index (χ1v) is 10.0. The fraction of sp³-hybridized carbons (Fsp3) is 0.167. The minimum Gasteiger partial charge on any atom is -0.383 e. The van der Waals surface area contributed by atoms with Gasteiger partial charge in [-0.1, -0.05) is 30.0 Å². The van der Waals surface area contributed by atoms with Crippen LogP contribution in [0, 0.1) is 0 Å². The number of H-pyrrole nitrogens is 1. The molecule has 4 aromatic rings. The number of hydrogen-bond donors (Lipinski definition) is 3. The maximum atomic E-state index is 12.1. The molecule has 132 valence electrons. The van der Waals surface area contributed by atoms with E-state index in [2.05, 4.69) is 26.3 Å². The molecule has 0 bridgehead atoms. The van der Waals surface area contributed by atoms with Gasteiger partial charge in [0.1, 0.15) is 10.6 Å². The number of amides is 1. The molecule has 4 rings (SSSR count). The van der Waals surface area contributed by atoms with Crippen LogP contribution in [-0.2, 0) is 11.2 Å². The number of thioether (sulfide) groups is 1. The minimum atomic E-state index is -0.0386. The molecule has 6 nitrogen and oxygen atoms in total. The molecule has 0 fully saturated rings. The molecule has 0 saturated carbocycles. The molecule has 0 aliphatic heterocycles. The van der Waals surface area contributed by atoms with Gasteiger partial charge in [-0.05, 0) is 29.5 Å². The first-order valence-electron chi connectivity index (χ1n) is 8.16. The molecule has 0 unspecified atom stereocenters. The normalized spacial score (nSPS) is 11.2. The number of aromatic amines is 1. The van der Waals surface area contributed by atoms with Crippen LogP contribution in [0.25, 0.3) is 21.1 Å². The van der Waals surface area contributed by atoms with Crippen LogP contribution >= 0.6 is 23.1 Å². The van der Waals surface area contributed by atoms with Crippen molar-refractivity contribution in [2.45, 2.75) is 11.6 Å². The summed E-state index contributed by atoms with van der Waals surface area (Å²) in [6.07, 6.45) is 2.78. The third kappa shape index (κ3) is 3.51. The lowest BCUT2D eigenvalue weighted by Gasteiger charge is -2.05. The van der Waals surface area contributed by atoms with Gasteiger partial charge < -0.3 is 16.0 Å². The average Bonchev–Trinajstić information content (AvgIpc) is 3.27. The van der Waals surface area contributed by atoms with Crippen molar-refractivity contribution < 1.29 is 4.79 Å². The summed E-state index contributed by atoms with van der Waals surface area (Å²) >= 11 is 2.81. The number of nitrogens with zero attached hydrogens (tertiary/aromatic N) is 2. The standard InChI is InChI=1S/C18H17N5OS2/c19-16-13-6-8-25-17(13)23-18(22-16)26-10-15(24)20-7-5-11-9-21-14-4-2-1-3-12(11)14/h1-4,6,8-9,21H,5,7,10H2,(H,20,24)(H2,19,22,23). The van der Waals surface area contributed by atoms with Gasteiger partial charge in [0.05, 0.1) is 11.1 Å². The Morgan fingerprint density at radius 2 is 2.12 bits per heavy atom. The number of carbonyl (C=O) groups is 1. The first kappa shape index (κ1) is 16.9. The molecule has 26 heavy (non-hydrogen) atoms. The van der Waals surface area contributed by atoms with Crippen molar-refractivity contribution in [3.8, 4) is 0 Å². The Morgan fingerprint density at radius 1 is 1.23 bits per heavy atom. The van der Waals surface area contributed by atoms with Crippen LogP contribution in [0.4, 0.5) is 5.82 Å². The lowest BCUT2D eigenvalue weighted by atomic mass is 10.1. The second-order valence-electron chi connectivity index (χ2n) is 5.78. The van der Waals surface area contributed by atoms with E-state index in [0.717, 1.165) is 22.2 Å². The van der Waals surface area contributed by atoms with E-state index in [1.165, 1.54) is 34.0 Å². The Balaban J connectivity index is 1.30. The van der Waals surface area contributed by atoms with E-state index in [1.807, 2.05) is 35.8 Å². The predicted octanol–water partition coefficient (Wildman–Crippen LogP) is 3.21. The maximum absolute atomic E-state index is 12.1. The van der Waals surface area contributed by atoms with Gasteiger partial charge >= 0.3 is 0 Å². The molecule has 0 radical (unpaired) electrons. The monoisotopic (exact) mass is 383 g/mol. The summed E-state index contributed by atoms with van der Waals surface area (Å²) in [6, 6.07) is 10.1. The molecule has 0 saturated heterocycles. The van der Waals surface area contributed by atoms with Crippen LogP contribution in [0.1, 0.15) is 5.56 Å². The number of para-hydroxylation sites is 1. The van der Waals surface area contributed by atoms with E-state index in [1.54, 1.807) is 0 Å². The molecule has 4 N–H and O–H groups in total. The molecule has 1 aromatic carbocycles. The van der Waals surface area contributed by atoms with Crippen LogP contribution < -0.4 is 11.1 Å². The quantitative estimate of drug-likeness (QED) is 0.351. The summed E-state index contributed by atoms with van der Waals surface area (Å²) in [5.41, 5.74) is 8.24. The number of aromatic nitrogens is 3. The van der Waals surface area contributed by atoms with Crippen molar-refractivity contribution in [1.29, 1.82) is 0 Å². The van der Waals surface area contributed by atoms with Crippen LogP contribution in [-0.4, -0.2) is 33.2 Å². The summed E-state index contributed by atoms with van der Waals surface area (Å²) < 4.78 is 0. The molecule has 3 heterocycles. The molecule has 0 aliphatic rings. The number of nitrogens with one attached hydrogen (secondary N) is 2. The second-order valence-corrected chi connectivity index (χ2v) is 7.62. The number of anilines is 1. The number of fused-ring (bicyclic) bond motifs is 2. The third-order valence-corrected chi connectivity index (χ3v) is 5.71. The minimum absolute atomic E-state index is 0.0386. The summed E-state index contributed by atoms with van der Waals surface area (Å²) in [5.74, 6) is 0.686. The Bertz CT molecular complexity index is 1070. The van der Waals surface area contributed by atoms with E-state index in [0.29, 0.717) is 17.5 Å². The topological polar surface area (TPSA) is 96.7 Å². The molecular formula is C18H17N5OS2. The van der Waals surface area contributed by atoms with Gasteiger partial charge in [-0.2, -0.15) is 0 Å². The van der Waals surface area contributed by atoms with Crippen LogP contribution in [0.2, 0.25) is 0 Å². The van der Waals surface area contributed by atoms with E-state index in [-0.39, 0.29) is 11.7 Å². The Hall–Kier alpha value is -2.58. The fourth-order valence-corrected chi connectivity index (χ4v) is 4.29. The second kappa shape index (κ2) is 7.35. The Labute approximate surface area is 158 Å². The number of benzene rings is 1. The van der Waals surface area contributed by atoms with E-state index < -0.39 is 0 Å². The van der Waals surface area contributed by atoms with Gasteiger partial charge in [0.2, 0.25) is 5.91 Å². The van der Waals surface area contributed by atoms with Gasteiger partial charge in [0.25, 0.3) is 0 Å². The first-order chi connectivity index (χ1) is 12.7. The van der Waals surface area contributed by atoms with E-state index in [9.17, 15) is 4.79 Å². The zero-order valence-electron chi connectivity index (χ0n) is 13.9. The highest BCUT2D eigenvalue weighted by molar-refractivity contribution is 7.99. The maximum Gasteiger partial charge on any atom is 0.230 e. The average molecular weight is 384 g/mol. The fourth-order valence-electron chi connectivity index (χ4n) is 2.78. The highest BCUT2D eigenvalue weighted by atomic mass is 32.2. The zero-order valence-corrected chi connectivity index (χ0v) is 15.5. The summed E-state index contributed by atoms with van der Waals surface area (Å²) in [6.45, 7) is 0.591. The van der Waals surface area contributed by atoms with Crippen molar-refractivity contribution in [2.24, 2.45) is 0 Å². The number of thiophene rings is 1. The van der Waals surface area contributed by atoms with Crippen molar-refractivity contribution in [1.82, 2.24) is 20.3 Å². The molecular weight excluding hydrogens is 366 g/mol. The molecule has 8 heteroatoms. The van der Waals surface area contributed by atoms with Crippen molar-refractivity contribution in [2.75, 3.05) is 18.0 Å². The molecule has 0 aliphatic carbocycles. The van der Waals surface area contributed by atoms with Crippen molar-refractivity contribution in [3.05, 3.63) is 47.5 Å². The molecule has 1 amide bonds. The highest BCUT2D eigenvalue weighted by Crippen LogP contribution is 2.26. The SMILES string of the molecule is Nc1nc(SCC(=O)NCCc2c[nH]c3ccccc23)nc2sccc12. The Morgan fingerprint density at radius 3 is 3.04 bits per heavy atom. The van der Waals surface area contributed by atoms with Crippen LogP contribution in [0.15, 0.2) is 47.1 Å². The smallest absolute Gasteiger partial charge is 0.230 e. The van der Waals surface area contributed by atoms with Crippen molar-refractivity contribution in [3.63, 3.8) is 0 Å². The predicted molar refractivity (Wildman–Crippen MR) is 108 cm³/mol. The molecule has 0 spiro atoms. The highest BCUT2D eigenvalue weighted by Gasteiger charge is 2.10. The number of carbonyl (C=O) groups excluding carboxylic acids is 1. The number of nitrogen functional groups attached to an aromatic ring is 1. The van der Waals surface area contributed by atoms with Gasteiger partial charge in [-0.25, -0.2) is 9.97 Å². The van der Waals surface area contributed by atoms with Crippen molar-refractivity contribution >= 4 is 55.9 Å². The summed E-state index contributed by atoms with van der Waals surface area (Å²) in [4.78, 5) is 24.9. The van der Waals surface area contributed by atoms with E-state index in [4.69, 9.17) is 5.73 Å². The zero-order chi connectivity index (χ0) is 17.9. The Kier molecular flexibility index (Phi) is 4.77. The summed E-state index contributed by atoms with van der Waals surface area (Å²) in [5, 5.41) is 7.47. The molecule has 3 aromatic heterocycles. The number of rotatable bonds is 6. The largest absolute Gasteiger partial charge is 0.383 e. The lowest BCUT2D eigenvalue weighted by molar-refractivity contribution is -0.118. The lowest BCUT2D eigenvalue weighted by Crippen LogP contribution is -2.27. The number of hydrogen-bond acceptors (Lipinski definition) is 6. The molecule has 0 atom stereocenters. The van der Waals surface area contributed by atoms with Crippen LogP contribution in [0.3, 0.4) is 0 Å². The summed E-state index contributed by atoms with van der Waals surface area (Å²) in [7, 11) is 0. The number of nitrogens with two attached hydrogens (primary N) is 1.